The number of methoxy groups -OCH3 is 1. The fourth-order valence-corrected chi connectivity index (χ4v) is 2.38. The number of carbonyl (C=O) groups is 1. The monoisotopic (exact) mass is 322 g/mol. The summed E-state index contributed by atoms with van der Waals surface area (Å²) in [6, 6.07) is 8.20. The molecule has 0 aromatic heterocycles. The molecule has 1 fully saturated rings. The fourth-order valence-electron chi connectivity index (χ4n) is 2.38. The first-order valence-corrected chi connectivity index (χ1v) is 8.05. The molecule has 0 spiro atoms. The Bertz CT molecular complexity index is 458. The molecule has 6 nitrogen and oxygen atoms in total. The zero-order valence-electron chi connectivity index (χ0n) is 13.8. The van der Waals surface area contributed by atoms with E-state index >= 15 is 0 Å². The third-order valence-electron chi connectivity index (χ3n) is 3.62. The van der Waals surface area contributed by atoms with Crippen molar-refractivity contribution in [2.24, 2.45) is 0 Å². The summed E-state index contributed by atoms with van der Waals surface area (Å²) in [5, 5.41) is 2.76. The molecule has 6 heteroatoms. The number of hydrogen-bond donors (Lipinski definition) is 1. The number of amides is 1. The lowest BCUT2D eigenvalue weighted by atomic mass is 10.2. The average Bonchev–Trinajstić information content (AvgIpc) is 2.57. The van der Waals surface area contributed by atoms with Gasteiger partial charge in [-0.2, -0.15) is 0 Å². The van der Waals surface area contributed by atoms with Crippen LogP contribution in [-0.4, -0.2) is 64.0 Å². The van der Waals surface area contributed by atoms with E-state index in [-0.39, 0.29) is 12.5 Å². The molecule has 0 bridgehead atoms. The highest BCUT2D eigenvalue weighted by Crippen LogP contribution is 2.14. The highest BCUT2D eigenvalue weighted by molar-refractivity contribution is 5.77. The molecule has 2 rings (SSSR count). The van der Waals surface area contributed by atoms with Crippen molar-refractivity contribution >= 4 is 5.91 Å². The van der Waals surface area contributed by atoms with Gasteiger partial charge in [0.2, 0.25) is 5.91 Å². The molecule has 1 aromatic carbocycles. The third kappa shape index (κ3) is 6.99. The largest absolute Gasteiger partial charge is 0.494 e. The molecule has 1 amide bonds. The molecular weight excluding hydrogens is 296 g/mol. The van der Waals surface area contributed by atoms with Crippen LogP contribution < -0.4 is 10.1 Å². The van der Waals surface area contributed by atoms with Crippen LogP contribution in [0, 0.1) is 0 Å². The summed E-state index contributed by atoms with van der Waals surface area (Å²) < 4.78 is 15.8. The molecule has 0 radical (unpaired) electrons. The van der Waals surface area contributed by atoms with Gasteiger partial charge in [0.15, 0.2) is 0 Å². The van der Waals surface area contributed by atoms with E-state index in [0.717, 1.165) is 45.0 Å². The molecule has 1 aromatic rings. The lowest BCUT2D eigenvalue weighted by Crippen LogP contribution is -2.35. The van der Waals surface area contributed by atoms with Crippen molar-refractivity contribution in [3.63, 3.8) is 0 Å². The molecule has 0 atom stereocenters. The Balaban J connectivity index is 1.61. The van der Waals surface area contributed by atoms with Crippen molar-refractivity contribution in [3.8, 4) is 5.75 Å². The summed E-state index contributed by atoms with van der Waals surface area (Å²) in [5.41, 5.74) is 1.28. The molecule has 128 valence electrons. The van der Waals surface area contributed by atoms with Crippen LogP contribution in [0.15, 0.2) is 24.3 Å². The topological polar surface area (TPSA) is 60.0 Å². The van der Waals surface area contributed by atoms with Gasteiger partial charge >= 0.3 is 0 Å². The third-order valence-corrected chi connectivity index (χ3v) is 3.62. The summed E-state index contributed by atoms with van der Waals surface area (Å²) in [6.45, 7) is 5.86. The van der Waals surface area contributed by atoms with Gasteiger partial charge in [-0.15, -0.1) is 0 Å². The highest BCUT2D eigenvalue weighted by Gasteiger charge is 2.10. The van der Waals surface area contributed by atoms with Crippen LogP contribution in [0.3, 0.4) is 0 Å². The molecule has 1 saturated heterocycles. The fraction of sp³-hybridized carbons (Fsp3) is 0.588. The zero-order chi connectivity index (χ0) is 16.3. The number of morpholine rings is 1. The van der Waals surface area contributed by atoms with Gasteiger partial charge in [0.05, 0.1) is 19.8 Å². The first kappa shape index (κ1) is 17.7. The smallest absolute Gasteiger partial charge is 0.245 e. The van der Waals surface area contributed by atoms with E-state index in [9.17, 15) is 4.79 Å². The van der Waals surface area contributed by atoms with Crippen LogP contribution in [0.4, 0.5) is 0 Å². The Labute approximate surface area is 137 Å². The van der Waals surface area contributed by atoms with Crippen molar-refractivity contribution in [1.82, 2.24) is 10.2 Å². The second kappa shape index (κ2) is 10.2. The molecular formula is C17H26N2O4. The van der Waals surface area contributed by atoms with Crippen LogP contribution in [0.1, 0.15) is 12.0 Å². The Morgan fingerprint density at radius 1 is 1.26 bits per heavy atom. The van der Waals surface area contributed by atoms with E-state index in [2.05, 4.69) is 22.3 Å². The molecule has 23 heavy (non-hydrogen) atoms. The SMILES string of the molecule is COCC(=O)NCCCOc1ccc(CN2CCOCC2)cc1. The van der Waals surface area contributed by atoms with E-state index in [4.69, 9.17) is 14.2 Å². The predicted octanol–water partition coefficient (Wildman–Crippen LogP) is 1.05. The Morgan fingerprint density at radius 3 is 2.70 bits per heavy atom. The summed E-state index contributed by atoms with van der Waals surface area (Å²) in [7, 11) is 1.51. The van der Waals surface area contributed by atoms with Gasteiger partial charge in [-0.1, -0.05) is 12.1 Å². The molecule has 1 aliphatic rings. The maximum atomic E-state index is 11.2. The van der Waals surface area contributed by atoms with Gasteiger partial charge < -0.3 is 19.5 Å². The van der Waals surface area contributed by atoms with Crippen molar-refractivity contribution in [2.75, 3.05) is 53.2 Å². The van der Waals surface area contributed by atoms with Gasteiger partial charge in [-0.25, -0.2) is 0 Å². The van der Waals surface area contributed by atoms with Crippen LogP contribution in [-0.2, 0) is 20.8 Å². The second-order valence-electron chi connectivity index (χ2n) is 5.52. The van der Waals surface area contributed by atoms with E-state index < -0.39 is 0 Å². The summed E-state index contributed by atoms with van der Waals surface area (Å²) >= 11 is 0. The number of ether oxygens (including phenoxy) is 3. The van der Waals surface area contributed by atoms with Gasteiger partial charge in [-0.05, 0) is 24.1 Å². The molecule has 0 unspecified atom stereocenters. The molecule has 0 saturated carbocycles. The molecule has 1 aliphatic heterocycles. The van der Waals surface area contributed by atoms with Gasteiger partial charge in [0.25, 0.3) is 0 Å². The van der Waals surface area contributed by atoms with Crippen molar-refractivity contribution in [3.05, 3.63) is 29.8 Å². The lowest BCUT2D eigenvalue weighted by molar-refractivity contribution is -0.124. The minimum atomic E-state index is -0.0973. The van der Waals surface area contributed by atoms with Crippen molar-refractivity contribution in [2.45, 2.75) is 13.0 Å². The number of nitrogens with one attached hydrogen (secondary N) is 1. The van der Waals surface area contributed by atoms with E-state index in [1.807, 2.05) is 12.1 Å². The Kier molecular flexibility index (Phi) is 7.86. The molecule has 1 heterocycles. The molecule has 0 aliphatic carbocycles. The van der Waals surface area contributed by atoms with Gasteiger partial charge in [-0.3, -0.25) is 9.69 Å². The minimum Gasteiger partial charge on any atom is -0.494 e. The first-order valence-electron chi connectivity index (χ1n) is 8.05. The lowest BCUT2D eigenvalue weighted by Gasteiger charge is -2.26. The quantitative estimate of drug-likeness (QED) is 0.689. The number of benzene rings is 1. The van der Waals surface area contributed by atoms with E-state index in [1.54, 1.807) is 0 Å². The maximum Gasteiger partial charge on any atom is 0.245 e. The highest BCUT2D eigenvalue weighted by atomic mass is 16.5. The van der Waals surface area contributed by atoms with Gasteiger partial charge in [0.1, 0.15) is 12.4 Å². The predicted molar refractivity (Wildman–Crippen MR) is 87.5 cm³/mol. The summed E-state index contributed by atoms with van der Waals surface area (Å²) in [6.07, 6.45) is 0.769. The van der Waals surface area contributed by atoms with Crippen molar-refractivity contribution in [1.29, 1.82) is 0 Å². The van der Waals surface area contributed by atoms with Crippen LogP contribution >= 0.6 is 0 Å². The summed E-state index contributed by atoms with van der Waals surface area (Å²) in [4.78, 5) is 13.6. The Hall–Kier alpha value is -1.63. The number of nitrogens with zero attached hydrogens (tertiary/aromatic N) is 1. The normalized spacial score (nSPS) is 15.3. The van der Waals surface area contributed by atoms with E-state index in [1.165, 1.54) is 12.7 Å². The van der Waals surface area contributed by atoms with Gasteiger partial charge in [0, 0.05) is 33.3 Å². The van der Waals surface area contributed by atoms with Crippen molar-refractivity contribution < 1.29 is 19.0 Å². The van der Waals surface area contributed by atoms with Crippen LogP contribution in [0.5, 0.6) is 5.75 Å². The van der Waals surface area contributed by atoms with Crippen LogP contribution in [0.2, 0.25) is 0 Å². The number of hydrogen-bond acceptors (Lipinski definition) is 5. The molecule has 1 N–H and O–H groups in total. The maximum absolute atomic E-state index is 11.2. The number of rotatable bonds is 9. The number of carbonyl (C=O) groups excluding carboxylic acids is 1. The first-order chi connectivity index (χ1) is 11.3. The second-order valence-corrected chi connectivity index (χ2v) is 5.52. The van der Waals surface area contributed by atoms with E-state index in [0.29, 0.717) is 13.2 Å². The Morgan fingerprint density at radius 2 is 2.00 bits per heavy atom. The zero-order valence-corrected chi connectivity index (χ0v) is 13.8. The standard InChI is InChI=1S/C17H26N2O4/c1-21-14-17(20)18-7-2-10-23-16-5-3-15(4-6-16)13-19-8-11-22-12-9-19/h3-6H,2,7-14H2,1H3,(H,18,20). The minimum absolute atomic E-state index is 0.0973. The van der Waals surface area contributed by atoms with Crippen LogP contribution in [0.25, 0.3) is 0 Å². The average molecular weight is 322 g/mol. The summed E-state index contributed by atoms with van der Waals surface area (Å²) in [5.74, 6) is 0.763.